The monoisotopic (exact) mass is 270 g/mol. The molecule has 0 aliphatic heterocycles. The van der Waals surface area contributed by atoms with Crippen LogP contribution in [0.5, 0.6) is 0 Å². The molecule has 0 aromatic heterocycles. The highest BCUT2D eigenvalue weighted by atomic mass is 16.5. The Balaban J connectivity index is 2.66. The maximum atomic E-state index is 12.3. The number of amides is 1. The Kier molecular flexibility index (Phi) is 6.80. The minimum Gasteiger partial charge on any atom is -0.380 e. The van der Waals surface area contributed by atoms with E-state index in [-0.39, 0.29) is 18.1 Å². The van der Waals surface area contributed by atoms with Gasteiger partial charge in [0, 0.05) is 27.2 Å². The van der Waals surface area contributed by atoms with Crippen LogP contribution in [0, 0.1) is 5.92 Å². The van der Waals surface area contributed by atoms with E-state index in [1.165, 1.54) is 12.8 Å². The molecule has 1 amide bonds. The van der Waals surface area contributed by atoms with Crippen LogP contribution < -0.4 is 5.32 Å². The van der Waals surface area contributed by atoms with Gasteiger partial charge in [-0.3, -0.25) is 4.79 Å². The van der Waals surface area contributed by atoms with Gasteiger partial charge in [0.15, 0.2) is 0 Å². The molecule has 1 aliphatic carbocycles. The molecule has 0 aromatic rings. The van der Waals surface area contributed by atoms with Crippen molar-refractivity contribution < 1.29 is 9.53 Å². The summed E-state index contributed by atoms with van der Waals surface area (Å²) in [6, 6.07) is 0.224. The van der Waals surface area contributed by atoms with Gasteiger partial charge in [-0.05, 0) is 25.2 Å². The fraction of sp³-hybridized carbons (Fsp3) is 0.933. The topological polar surface area (TPSA) is 41.6 Å². The molecular formula is C15H30N2O2. The number of nitrogens with zero attached hydrogens (tertiary/aromatic N) is 1. The van der Waals surface area contributed by atoms with E-state index < -0.39 is 0 Å². The first-order valence-corrected chi connectivity index (χ1v) is 7.45. The highest BCUT2D eigenvalue weighted by Crippen LogP contribution is 2.22. The van der Waals surface area contributed by atoms with E-state index in [2.05, 4.69) is 19.2 Å². The molecule has 1 rings (SSSR count). The first kappa shape index (κ1) is 16.4. The molecule has 4 heteroatoms. The van der Waals surface area contributed by atoms with Gasteiger partial charge in [-0.2, -0.15) is 0 Å². The lowest BCUT2D eigenvalue weighted by Gasteiger charge is -2.35. The van der Waals surface area contributed by atoms with E-state index >= 15 is 0 Å². The zero-order chi connectivity index (χ0) is 14.4. The second-order valence-corrected chi connectivity index (χ2v) is 6.25. The number of carbonyl (C=O) groups is 1. The Morgan fingerprint density at radius 3 is 2.47 bits per heavy atom. The highest BCUT2D eigenvalue weighted by molar-refractivity contribution is 5.81. The Hall–Kier alpha value is -0.610. The highest BCUT2D eigenvalue weighted by Gasteiger charge is 2.30. The van der Waals surface area contributed by atoms with Crippen molar-refractivity contribution in [2.24, 2.45) is 5.92 Å². The van der Waals surface area contributed by atoms with Gasteiger partial charge in [0.05, 0.1) is 12.1 Å². The lowest BCUT2D eigenvalue weighted by Crippen LogP contribution is -2.53. The molecule has 0 aromatic carbocycles. The number of carbonyl (C=O) groups excluding carboxylic acids is 1. The Morgan fingerprint density at radius 2 is 1.95 bits per heavy atom. The number of hydrogen-bond donors (Lipinski definition) is 1. The van der Waals surface area contributed by atoms with Crippen molar-refractivity contribution >= 4 is 5.91 Å². The maximum absolute atomic E-state index is 12.3. The molecule has 1 aliphatic rings. The van der Waals surface area contributed by atoms with Gasteiger partial charge < -0.3 is 15.0 Å². The first-order chi connectivity index (χ1) is 8.95. The van der Waals surface area contributed by atoms with E-state index in [0.29, 0.717) is 12.0 Å². The smallest absolute Gasteiger partial charge is 0.239 e. The van der Waals surface area contributed by atoms with Gasteiger partial charge >= 0.3 is 0 Å². The van der Waals surface area contributed by atoms with Crippen LogP contribution in [0.1, 0.15) is 46.0 Å². The normalized spacial score (nSPS) is 25.4. The summed E-state index contributed by atoms with van der Waals surface area (Å²) in [7, 11) is 5.42. The molecule has 0 spiro atoms. The molecule has 4 nitrogen and oxygen atoms in total. The van der Waals surface area contributed by atoms with E-state index in [0.717, 1.165) is 19.3 Å². The third-order valence-corrected chi connectivity index (χ3v) is 3.87. The van der Waals surface area contributed by atoms with Crippen LogP contribution in [-0.2, 0) is 9.53 Å². The predicted molar refractivity (Wildman–Crippen MR) is 78.1 cm³/mol. The van der Waals surface area contributed by atoms with E-state index in [4.69, 9.17) is 4.74 Å². The Labute approximate surface area is 117 Å². The third-order valence-electron chi connectivity index (χ3n) is 3.87. The number of likely N-dealkylation sites (N-methyl/N-ethyl adjacent to an activating group) is 1. The number of methoxy groups -OCH3 is 1. The zero-order valence-corrected chi connectivity index (χ0v) is 13.1. The summed E-state index contributed by atoms with van der Waals surface area (Å²) >= 11 is 0. The van der Waals surface area contributed by atoms with Crippen molar-refractivity contribution in [1.82, 2.24) is 10.2 Å². The Morgan fingerprint density at radius 1 is 1.32 bits per heavy atom. The molecule has 1 saturated carbocycles. The molecular weight excluding hydrogens is 240 g/mol. The van der Waals surface area contributed by atoms with Crippen LogP contribution in [0.3, 0.4) is 0 Å². The van der Waals surface area contributed by atoms with Gasteiger partial charge in [0.25, 0.3) is 0 Å². The summed E-state index contributed by atoms with van der Waals surface area (Å²) in [6.07, 6.45) is 5.78. The number of ether oxygens (including phenoxy) is 1. The summed E-state index contributed by atoms with van der Waals surface area (Å²) in [5, 5.41) is 3.55. The largest absolute Gasteiger partial charge is 0.380 e. The van der Waals surface area contributed by atoms with Crippen molar-refractivity contribution in [3.05, 3.63) is 0 Å². The third kappa shape index (κ3) is 5.11. The maximum Gasteiger partial charge on any atom is 0.239 e. The van der Waals surface area contributed by atoms with Gasteiger partial charge in [-0.1, -0.05) is 26.7 Å². The van der Waals surface area contributed by atoms with Gasteiger partial charge in [-0.25, -0.2) is 0 Å². The molecule has 19 heavy (non-hydrogen) atoms. The zero-order valence-electron chi connectivity index (χ0n) is 13.1. The number of hydrogen-bond acceptors (Lipinski definition) is 3. The second-order valence-electron chi connectivity index (χ2n) is 6.25. The summed E-state index contributed by atoms with van der Waals surface area (Å²) < 4.78 is 5.56. The van der Waals surface area contributed by atoms with Crippen LogP contribution in [0.25, 0.3) is 0 Å². The van der Waals surface area contributed by atoms with Crippen molar-refractivity contribution in [1.29, 1.82) is 0 Å². The molecule has 0 bridgehead atoms. The molecule has 3 unspecified atom stereocenters. The second kappa shape index (κ2) is 7.85. The minimum absolute atomic E-state index is 0.0873. The standard InChI is InChI=1S/C15H30N2O2/c1-11(2)10-13(15(18)17(3)4)16-12-8-6-7-9-14(12)19-5/h11-14,16H,6-10H2,1-5H3. The van der Waals surface area contributed by atoms with Gasteiger partial charge in [0.2, 0.25) is 5.91 Å². The molecule has 112 valence electrons. The molecule has 0 saturated heterocycles. The fourth-order valence-electron chi connectivity index (χ4n) is 2.85. The fourth-order valence-corrected chi connectivity index (χ4v) is 2.85. The lowest BCUT2D eigenvalue weighted by atomic mass is 9.90. The molecule has 1 fully saturated rings. The Bertz CT molecular complexity index is 279. The van der Waals surface area contributed by atoms with Gasteiger partial charge in [0.1, 0.15) is 0 Å². The van der Waals surface area contributed by atoms with Crippen LogP contribution in [-0.4, -0.2) is 50.2 Å². The average Bonchev–Trinajstić information content (AvgIpc) is 2.37. The first-order valence-electron chi connectivity index (χ1n) is 7.45. The van der Waals surface area contributed by atoms with Crippen LogP contribution in [0.15, 0.2) is 0 Å². The minimum atomic E-state index is -0.0873. The van der Waals surface area contributed by atoms with Crippen LogP contribution in [0.2, 0.25) is 0 Å². The van der Waals surface area contributed by atoms with Crippen LogP contribution in [0.4, 0.5) is 0 Å². The molecule has 0 radical (unpaired) electrons. The van der Waals surface area contributed by atoms with Crippen molar-refractivity contribution in [3.8, 4) is 0 Å². The molecule has 3 atom stereocenters. The molecule has 1 N–H and O–H groups in total. The van der Waals surface area contributed by atoms with E-state index in [1.54, 1.807) is 12.0 Å². The summed E-state index contributed by atoms with van der Waals surface area (Å²) in [6.45, 7) is 4.32. The predicted octanol–water partition coefficient (Wildman–Crippen LogP) is 2.04. The van der Waals surface area contributed by atoms with E-state index in [9.17, 15) is 4.79 Å². The van der Waals surface area contributed by atoms with Crippen molar-refractivity contribution in [3.63, 3.8) is 0 Å². The summed E-state index contributed by atoms with van der Waals surface area (Å²) in [4.78, 5) is 14.0. The lowest BCUT2D eigenvalue weighted by molar-refractivity contribution is -0.132. The van der Waals surface area contributed by atoms with Crippen LogP contribution >= 0.6 is 0 Å². The number of nitrogens with one attached hydrogen (secondary N) is 1. The quantitative estimate of drug-likeness (QED) is 0.803. The van der Waals surface area contributed by atoms with Crippen molar-refractivity contribution in [2.45, 2.75) is 64.1 Å². The number of rotatable bonds is 6. The summed E-state index contributed by atoms with van der Waals surface area (Å²) in [5.74, 6) is 0.681. The summed E-state index contributed by atoms with van der Waals surface area (Å²) in [5.41, 5.74) is 0. The van der Waals surface area contributed by atoms with Crippen molar-refractivity contribution in [2.75, 3.05) is 21.2 Å². The van der Waals surface area contributed by atoms with Gasteiger partial charge in [-0.15, -0.1) is 0 Å². The molecule has 0 heterocycles. The SMILES string of the molecule is COC1CCCCC1NC(CC(C)C)C(=O)N(C)C. The van der Waals surface area contributed by atoms with E-state index in [1.807, 2.05) is 14.1 Å². The average molecular weight is 270 g/mol.